The second-order valence-corrected chi connectivity index (χ2v) is 4.13. The fourth-order valence-electron chi connectivity index (χ4n) is 1.85. The summed E-state index contributed by atoms with van der Waals surface area (Å²) in [7, 11) is 3.23. The molecule has 0 unspecified atom stereocenters. The Morgan fingerprint density at radius 2 is 2.26 bits per heavy atom. The van der Waals surface area contributed by atoms with Crippen LogP contribution in [-0.4, -0.2) is 33.4 Å². The van der Waals surface area contributed by atoms with Crippen molar-refractivity contribution in [2.75, 3.05) is 27.5 Å². The number of benzene rings is 1. The van der Waals surface area contributed by atoms with Crippen LogP contribution in [0.2, 0.25) is 0 Å². The molecule has 2 N–H and O–H groups in total. The number of rotatable bonds is 6. The molecule has 1 aromatic carbocycles. The Bertz CT molecular complexity index is 462. The van der Waals surface area contributed by atoms with Crippen LogP contribution in [0.15, 0.2) is 12.1 Å². The number of hydrogen-bond acceptors (Lipinski definition) is 5. The molecule has 0 radical (unpaired) electrons. The molecule has 6 nitrogen and oxygen atoms in total. The number of ether oxygens (including phenoxy) is 3. The third-order valence-corrected chi connectivity index (χ3v) is 2.85. The predicted molar refractivity (Wildman–Crippen MR) is 69.5 cm³/mol. The van der Waals surface area contributed by atoms with Gasteiger partial charge in [-0.2, -0.15) is 0 Å². The highest BCUT2D eigenvalue weighted by molar-refractivity contribution is 5.75. The van der Waals surface area contributed by atoms with Crippen LogP contribution in [-0.2, 0) is 11.3 Å². The van der Waals surface area contributed by atoms with Crippen molar-refractivity contribution in [3.63, 3.8) is 0 Å². The molecule has 1 aliphatic rings. The van der Waals surface area contributed by atoms with Crippen LogP contribution in [0, 0.1) is 0 Å². The highest BCUT2D eigenvalue weighted by Gasteiger charge is 2.19. The maximum Gasteiger partial charge on any atom is 0.231 e. The van der Waals surface area contributed by atoms with E-state index in [1.54, 1.807) is 14.2 Å². The summed E-state index contributed by atoms with van der Waals surface area (Å²) in [6.07, 6.45) is 0.457. The zero-order chi connectivity index (χ0) is 13.7. The average Bonchev–Trinajstić information content (AvgIpc) is 2.90. The molecular weight excluding hydrogens is 248 g/mol. The predicted octanol–water partition coefficient (Wildman–Crippen LogP) is 0.650. The lowest BCUT2D eigenvalue weighted by Crippen LogP contribution is -2.24. The molecule has 1 aliphatic heterocycles. The van der Waals surface area contributed by atoms with Crippen molar-refractivity contribution in [1.82, 2.24) is 10.6 Å². The normalized spacial score (nSPS) is 12.3. The second-order valence-electron chi connectivity index (χ2n) is 4.13. The minimum absolute atomic E-state index is 0.0239. The third kappa shape index (κ3) is 3.29. The lowest BCUT2D eigenvalue weighted by molar-refractivity contribution is -0.120. The van der Waals surface area contributed by atoms with Gasteiger partial charge in [-0.1, -0.05) is 0 Å². The quantitative estimate of drug-likeness (QED) is 0.740. The van der Waals surface area contributed by atoms with Crippen molar-refractivity contribution >= 4 is 5.91 Å². The molecule has 104 valence electrons. The van der Waals surface area contributed by atoms with E-state index in [1.807, 2.05) is 12.1 Å². The van der Waals surface area contributed by atoms with E-state index in [2.05, 4.69) is 10.6 Å². The van der Waals surface area contributed by atoms with Crippen LogP contribution in [0.25, 0.3) is 0 Å². The van der Waals surface area contributed by atoms with E-state index in [9.17, 15) is 4.79 Å². The third-order valence-electron chi connectivity index (χ3n) is 2.85. The number of methoxy groups -OCH3 is 1. The van der Waals surface area contributed by atoms with E-state index in [-0.39, 0.29) is 12.7 Å². The van der Waals surface area contributed by atoms with E-state index < -0.39 is 0 Å². The number of hydrogen-bond donors (Lipinski definition) is 2. The van der Waals surface area contributed by atoms with Crippen LogP contribution in [0.3, 0.4) is 0 Å². The number of fused-ring (bicyclic) bond motifs is 1. The monoisotopic (exact) mass is 266 g/mol. The molecule has 0 aromatic heterocycles. The summed E-state index contributed by atoms with van der Waals surface area (Å²) in [4.78, 5) is 11.1. The number of carbonyl (C=O) groups is 1. The first kappa shape index (κ1) is 13.5. The van der Waals surface area contributed by atoms with E-state index in [0.29, 0.717) is 36.8 Å². The van der Waals surface area contributed by atoms with Gasteiger partial charge in [0.2, 0.25) is 18.4 Å². The van der Waals surface area contributed by atoms with Gasteiger partial charge in [-0.25, -0.2) is 0 Å². The van der Waals surface area contributed by atoms with Crippen molar-refractivity contribution < 1.29 is 19.0 Å². The van der Waals surface area contributed by atoms with E-state index >= 15 is 0 Å². The van der Waals surface area contributed by atoms with Crippen molar-refractivity contribution in [3.05, 3.63) is 17.7 Å². The van der Waals surface area contributed by atoms with Crippen LogP contribution in [0.5, 0.6) is 17.2 Å². The fraction of sp³-hybridized carbons (Fsp3) is 0.462. The minimum Gasteiger partial charge on any atom is -0.493 e. The van der Waals surface area contributed by atoms with Gasteiger partial charge in [0, 0.05) is 26.6 Å². The zero-order valence-corrected chi connectivity index (χ0v) is 11.1. The summed E-state index contributed by atoms with van der Waals surface area (Å²) < 4.78 is 15.9. The average molecular weight is 266 g/mol. The number of nitrogens with one attached hydrogen (secondary N) is 2. The molecule has 2 rings (SSSR count). The Hall–Kier alpha value is -1.95. The van der Waals surface area contributed by atoms with E-state index in [1.165, 1.54) is 0 Å². The summed E-state index contributed by atoms with van der Waals surface area (Å²) in [6, 6.07) is 3.82. The second kappa shape index (κ2) is 6.29. The van der Waals surface area contributed by atoms with Crippen molar-refractivity contribution in [1.29, 1.82) is 0 Å². The first-order valence-corrected chi connectivity index (χ1v) is 6.12. The molecule has 0 spiro atoms. The minimum atomic E-state index is 0.0239. The van der Waals surface area contributed by atoms with Gasteiger partial charge in [0.25, 0.3) is 0 Å². The lowest BCUT2D eigenvalue weighted by Gasteiger charge is -2.09. The van der Waals surface area contributed by atoms with Gasteiger partial charge in [0.05, 0.1) is 7.11 Å². The van der Waals surface area contributed by atoms with Gasteiger partial charge in [0.1, 0.15) is 0 Å². The molecule has 0 bridgehead atoms. The lowest BCUT2D eigenvalue weighted by atomic mass is 10.2. The molecule has 1 heterocycles. The highest BCUT2D eigenvalue weighted by Crippen LogP contribution is 2.41. The Morgan fingerprint density at radius 1 is 1.42 bits per heavy atom. The molecule has 0 fully saturated rings. The Kier molecular flexibility index (Phi) is 4.46. The van der Waals surface area contributed by atoms with Gasteiger partial charge in [-0.05, 0) is 17.7 Å². The molecule has 0 saturated carbocycles. The van der Waals surface area contributed by atoms with Crippen molar-refractivity contribution in [3.8, 4) is 17.2 Å². The largest absolute Gasteiger partial charge is 0.493 e. The van der Waals surface area contributed by atoms with Crippen LogP contribution in [0.4, 0.5) is 0 Å². The Balaban J connectivity index is 1.92. The fourth-order valence-corrected chi connectivity index (χ4v) is 1.85. The summed E-state index contributed by atoms with van der Waals surface area (Å²) >= 11 is 0. The number of carbonyl (C=O) groups excluding carboxylic acids is 1. The standard InChI is InChI=1S/C13H18N2O4/c1-14-12(16)3-4-15-7-9-5-10(17-2)13-11(6-9)18-8-19-13/h5-6,15H,3-4,7-8H2,1-2H3,(H,14,16). The molecule has 0 aliphatic carbocycles. The first-order valence-electron chi connectivity index (χ1n) is 6.12. The van der Waals surface area contributed by atoms with Gasteiger partial charge >= 0.3 is 0 Å². The molecule has 1 aromatic rings. The maximum absolute atomic E-state index is 11.1. The van der Waals surface area contributed by atoms with Crippen LogP contribution >= 0.6 is 0 Å². The highest BCUT2D eigenvalue weighted by atomic mass is 16.7. The molecule has 1 amide bonds. The smallest absolute Gasteiger partial charge is 0.231 e. The molecule has 6 heteroatoms. The van der Waals surface area contributed by atoms with Crippen LogP contribution in [0.1, 0.15) is 12.0 Å². The molecule has 0 saturated heterocycles. The van der Waals surface area contributed by atoms with Crippen molar-refractivity contribution in [2.45, 2.75) is 13.0 Å². The van der Waals surface area contributed by atoms with Crippen LogP contribution < -0.4 is 24.8 Å². The molecule has 19 heavy (non-hydrogen) atoms. The Morgan fingerprint density at radius 3 is 3.00 bits per heavy atom. The Labute approximate surface area is 112 Å². The van der Waals surface area contributed by atoms with Gasteiger partial charge in [0.15, 0.2) is 11.5 Å². The first-order chi connectivity index (χ1) is 9.24. The van der Waals surface area contributed by atoms with Gasteiger partial charge < -0.3 is 24.8 Å². The van der Waals surface area contributed by atoms with Gasteiger partial charge in [-0.3, -0.25) is 4.79 Å². The maximum atomic E-state index is 11.1. The summed E-state index contributed by atoms with van der Waals surface area (Å²) in [6.45, 7) is 1.49. The van der Waals surface area contributed by atoms with Crippen molar-refractivity contribution in [2.24, 2.45) is 0 Å². The molecule has 0 atom stereocenters. The van der Waals surface area contributed by atoms with E-state index in [0.717, 1.165) is 5.56 Å². The summed E-state index contributed by atoms with van der Waals surface area (Å²) in [5.74, 6) is 2.04. The van der Waals surface area contributed by atoms with Gasteiger partial charge in [-0.15, -0.1) is 0 Å². The molecular formula is C13H18N2O4. The SMILES string of the molecule is CNC(=O)CCNCc1cc(OC)c2c(c1)OCO2. The summed E-state index contributed by atoms with van der Waals surface area (Å²) in [5.41, 5.74) is 1.03. The topological polar surface area (TPSA) is 68.8 Å². The van der Waals surface area contributed by atoms with E-state index in [4.69, 9.17) is 14.2 Å². The zero-order valence-electron chi connectivity index (χ0n) is 11.1. The number of amides is 1. The summed E-state index contributed by atoms with van der Waals surface area (Å²) in [5, 5.41) is 5.78.